The number of carbonyl (C=O) groups is 3. The van der Waals surface area contributed by atoms with Gasteiger partial charge in [-0.25, -0.2) is 4.79 Å². The Morgan fingerprint density at radius 3 is 2.34 bits per heavy atom. The number of hydrogen-bond acceptors (Lipinski definition) is 5. The molecule has 0 radical (unpaired) electrons. The van der Waals surface area contributed by atoms with E-state index < -0.39 is 17.7 Å². The normalized spacial score (nSPS) is 16.6. The summed E-state index contributed by atoms with van der Waals surface area (Å²) in [5, 5.41) is 8.39. The second kappa shape index (κ2) is 10.2. The van der Waals surface area contributed by atoms with Gasteiger partial charge in [-0.1, -0.05) is 18.2 Å². The molecule has 1 aromatic carbocycles. The van der Waals surface area contributed by atoms with Crippen molar-refractivity contribution in [3.63, 3.8) is 0 Å². The Morgan fingerprint density at radius 2 is 1.76 bits per heavy atom. The van der Waals surface area contributed by atoms with Crippen LogP contribution in [0, 0.1) is 0 Å². The first-order chi connectivity index (χ1) is 13.6. The highest BCUT2D eigenvalue weighted by Gasteiger charge is 2.25. The largest absolute Gasteiger partial charge is 0.444 e. The summed E-state index contributed by atoms with van der Waals surface area (Å²) in [5.41, 5.74) is 0.172. The van der Waals surface area contributed by atoms with Crippen LogP contribution < -0.4 is 16.0 Å². The van der Waals surface area contributed by atoms with E-state index in [2.05, 4.69) is 20.9 Å². The molecule has 3 N–H and O–H groups in total. The predicted molar refractivity (Wildman–Crippen MR) is 112 cm³/mol. The summed E-state index contributed by atoms with van der Waals surface area (Å²) in [7, 11) is 0. The predicted octanol–water partition coefficient (Wildman–Crippen LogP) is 2.12. The van der Waals surface area contributed by atoms with Crippen molar-refractivity contribution in [3.05, 3.63) is 30.3 Å². The van der Waals surface area contributed by atoms with E-state index in [0.29, 0.717) is 6.54 Å². The maximum Gasteiger partial charge on any atom is 0.408 e. The Kier molecular flexibility index (Phi) is 8.01. The van der Waals surface area contributed by atoms with Crippen LogP contribution >= 0.6 is 0 Å². The molecule has 0 aliphatic carbocycles. The van der Waals surface area contributed by atoms with Crippen molar-refractivity contribution in [1.82, 2.24) is 15.5 Å². The summed E-state index contributed by atoms with van der Waals surface area (Å²) >= 11 is 0. The molecule has 1 unspecified atom stereocenters. The third kappa shape index (κ3) is 8.51. The number of carbonyl (C=O) groups excluding carboxylic acids is 3. The van der Waals surface area contributed by atoms with Crippen LogP contribution in [0.4, 0.5) is 10.5 Å². The lowest BCUT2D eigenvalue weighted by Crippen LogP contribution is -2.52. The Labute approximate surface area is 172 Å². The van der Waals surface area contributed by atoms with Crippen LogP contribution in [-0.4, -0.2) is 60.1 Å². The van der Waals surface area contributed by atoms with Gasteiger partial charge in [-0.2, -0.15) is 0 Å². The summed E-state index contributed by atoms with van der Waals surface area (Å²) in [6, 6.07) is 8.71. The van der Waals surface area contributed by atoms with Crippen LogP contribution in [-0.2, 0) is 14.3 Å². The van der Waals surface area contributed by atoms with Gasteiger partial charge in [0.15, 0.2) is 0 Å². The van der Waals surface area contributed by atoms with Crippen molar-refractivity contribution in [2.24, 2.45) is 0 Å². The summed E-state index contributed by atoms with van der Waals surface area (Å²) in [5.74, 6) is -0.287. The molecule has 1 saturated heterocycles. The van der Waals surface area contributed by atoms with Crippen LogP contribution in [0.5, 0.6) is 0 Å². The van der Waals surface area contributed by atoms with Crippen LogP contribution in [0.15, 0.2) is 30.3 Å². The van der Waals surface area contributed by atoms with Crippen molar-refractivity contribution in [1.29, 1.82) is 0 Å². The van der Waals surface area contributed by atoms with Crippen LogP contribution in [0.2, 0.25) is 0 Å². The molecule has 1 fully saturated rings. The van der Waals surface area contributed by atoms with Gasteiger partial charge in [-0.3, -0.25) is 14.5 Å². The Bertz CT molecular complexity index is 694. The summed E-state index contributed by atoms with van der Waals surface area (Å²) < 4.78 is 5.17. The zero-order chi connectivity index (χ0) is 21.4. The third-order valence-electron chi connectivity index (χ3n) is 4.49. The number of alkyl carbamates (subject to hydrolysis) is 1. The topological polar surface area (TPSA) is 99.8 Å². The highest BCUT2D eigenvalue weighted by atomic mass is 16.6. The van der Waals surface area contributed by atoms with Crippen molar-refractivity contribution in [2.45, 2.75) is 58.2 Å². The van der Waals surface area contributed by atoms with Gasteiger partial charge in [-0.05, 0) is 52.7 Å². The van der Waals surface area contributed by atoms with Gasteiger partial charge in [0.05, 0.1) is 6.54 Å². The summed E-state index contributed by atoms with van der Waals surface area (Å²) in [4.78, 5) is 38.3. The molecule has 2 rings (SSSR count). The van der Waals surface area contributed by atoms with Crippen molar-refractivity contribution in [3.8, 4) is 0 Å². The van der Waals surface area contributed by atoms with Crippen LogP contribution in [0.3, 0.4) is 0 Å². The Hall–Kier alpha value is -2.61. The van der Waals surface area contributed by atoms with E-state index in [-0.39, 0.29) is 17.9 Å². The van der Waals surface area contributed by atoms with Crippen molar-refractivity contribution in [2.75, 3.05) is 25.0 Å². The van der Waals surface area contributed by atoms with Gasteiger partial charge in [0.1, 0.15) is 11.6 Å². The molecule has 1 aliphatic rings. The maximum atomic E-state index is 12.3. The number of anilines is 1. The molecular weight excluding hydrogens is 372 g/mol. The number of nitrogens with one attached hydrogen (secondary N) is 3. The molecule has 0 spiro atoms. The monoisotopic (exact) mass is 404 g/mol. The molecule has 3 amide bonds. The van der Waals surface area contributed by atoms with E-state index in [1.54, 1.807) is 27.7 Å². The molecular formula is C21H32N4O4. The van der Waals surface area contributed by atoms with Gasteiger partial charge < -0.3 is 20.7 Å². The number of ether oxygens (including phenoxy) is 1. The van der Waals surface area contributed by atoms with Crippen molar-refractivity contribution < 1.29 is 19.1 Å². The quantitative estimate of drug-likeness (QED) is 0.674. The lowest BCUT2D eigenvalue weighted by atomic mass is 10.0. The van der Waals surface area contributed by atoms with Crippen LogP contribution in [0.25, 0.3) is 0 Å². The minimum absolute atomic E-state index is 0.0267. The zero-order valence-corrected chi connectivity index (χ0v) is 17.7. The molecule has 1 atom stereocenters. The lowest BCUT2D eigenvalue weighted by Gasteiger charge is -2.32. The maximum absolute atomic E-state index is 12.3. The van der Waals surface area contributed by atoms with Crippen molar-refractivity contribution >= 4 is 23.6 Å². The molecule has 8 heteroatoms. The fourth-order valence-corrected chi connectivity index (χ4v) is 3.04. The molecule has 0 bridgehead atoms. The number of amides is 3. The smallest absolute Gasteiger partial charge is 0.408 e. The molecule has 1 aromatic rings. The van der Waals surface area contributed by atoms with Gasteiger partial charge in [0, 0.05) is 24.8 Å². The van der Waals surface area contributed by atoms with Gasteiger partial charge >= 0.3 is 6.09 Å². The average molecular weight is 405 g/mol. The molecule has 0 aromatic heterocycles. The summed E-state index contributed by atoms with van der Waals surface area (Å²) in [6.45, 7) is 8.71. The number of para-hydroxylation sites is 1. The van der Waals surface area contributed by atoms with Gasteiger partial charge in [0.25, 0.3) is 0 Å². The number of piperidine rings is 1. The number of nitrogens with zero attached hydrogens (tertiary/aromatic N) is 1. The zero-order valence-electron chi connectivity index (χ0n) is 17.7. The van der Waals surface area contributed by atoms with Gasteiger partial charge in [-0.15, -0.1) is 0 Å². The van der Waals surface area contributed by atoms with Gasteiger partial charge in [0.2, 0.25) is 11.8 Å². The fourth-order valence-electron chi connectivity index (χ4n) is 3.04. The number of hydrogen-bond donors (Lipinski definition) is 3. The third-order valence-corrected chi connectivity index (χ3v) is 4.49. The van der Waals surface area contributed by atoms with E-state index in [0.717, 1.165) is 31.6 Å². The minimum atomic E-state index is -0.681. The van der Waals surface area contributed by atoms with E-state index in [1.807, 2.05) is 30.3 Å². The molecule has 8 nitrogen and oxygen atoms in total. The van der Waals surface area contributed by atoms with E-state index in [1.165, 1.54) is 0 Å². The molecule has 1 aliphatic heterocycles. The standard InChI is InChI=1S/C21H32N4O4/c1-15(22-20(28)29-21(2,3)4)19(27)24-17-10-12-25(13-11-17)14-18(26)23-16-8-6-5-7-9-16/h5-9,15,17H,10-14H2,1-4H3,(H,22,28)(H,23,26)(H,24,27). The average Bonchev–Trinajstić information content (AvgIpc) is 2.62. The minimum Gasteiger partial charge on any atom is -0.444 e. The summed E-state index contributed by atoms with van der Waals surface area (Å²) in [6.07, 6.45) is 0.895. The highest BCUT2D eigenvalue weighted by Crippen LogP contribution is 2.12. The number of likely N-dealkylation sites (tertiary alicyclic amines) is 1. The fraction of sp³-hybridized carbons (Fsp3) is 0.571. The first-order valence-electron chi connectivity index (χ1n) is 9.99. The SMILES string of the molecule is CC(NC(=O)OC(C)(C)C)C(=O)NC1CCN(CC(=O)Nc2ccccc2)CC1. The highest BCUT2D eigenvalue weighted by molar-refractivity contribution is 5.92. The number of benzene rings is 1. The second-order valence-electron chi connectivity index (χ2n) is 8.34. The molecule has 160 valence electrons. The first kappa shape index (κ1) is 22.7. The molecule has 0 saturated carbocycles. The second-order valence-corrected chi connectivity index (χ2v) is 8.34. The van der Waals surface area contributed by atoms with E-state index in [4.69, 9.17) is 4.74 Å². The first-order valence-corrected chi connectivity index (χ1v) is 9.99. The Balaban J connectivity index is 1.68. The Morgan fingerprint density at radius 1 is 1.14 bits per heavy atom. The lowest BCUT2D eigenvalue weighted by molar-refractivity contribution is -0.124. The van der Waals surface area contributed by atoms with E-state index in [9.17, 15) is 14.4 Å². The van der Waals surface area contributed by atoms with Crippen LogP contribution in [0.1, 0.15) is 40.5 Å². The molecule has 29 heavy (non-hydrogen) atoms. The molecule has 1 heterocycles. The number of rotatable bonds is 6. The van der Waals surface area contributed by atoms with E-state index >= 15 is 0 Å².